The summed E-state index contributed by atoms with van der Waals surface area (Å²) in [6, 6.07) is 12.6. The first-order valence-electron chi connectivity index (χ1n) is 13.0. The van der Waals surface area contributed by atoms with Gasteiger partial charge in [0.1, 0.15) is 22.8 Å². The van der Waals surface area contributed by atoms with Gasteiger partial charge in [0.15, 0.2) is 5.78 Å². The maximum Gasteiger partial charge on any atom is 0.173 e. The smallest absolute Gasteiger partial charge is 0.173 e. The normalized spacial score (nSPS) is 27.1. The number of benzene rings is 2. The molecule has 188 valence electrons. The van der Waals surface area contributed by atoms with E-state index in [1.54, 1.807) is 19.2 Å². The molecule has 1 fully saturated rings. The van der Waals surface area contributed by atoms with Crippen molar-refractivity contribution in [3.05, 3.63) is 65.2 Å². The molecule has 0 aliphatic heterocycles. The lowest BCUT2D eigenvalue weighted by molar-refractivity contribution is -0.0618. The summed E-state index contributed by atoms with van der Waals surface area (Å²) in [5, 5.41) is 10.8. The zero-order valence-electron chi connectivity index (χ0n) is 22.0. The van der Waals surface area contributed by atoms with Gasteiger partial charge in [0.2, 0.25) is 0 Å². The van der Waals surface area contributed by atoms with Crippen LogP contribution in [-0.4, -0.2) is 23.6 Å². The molecule has 0 bridgehead atoms. The third kappa shape index (κ3) is 5.12. The van der Waals surface area contributed by atoms with Gasteiger partial charge in [-0.25, -0.2) is 0 Å². The number of allylic oxidation sites excluding steroid dienone is 2. The van der Waals surface area contributed by atoms with Crippen LogP contribution >= 0.6 is 0 Å². The van der Waals surface area contributed by atoms with E-state index in [0.29, 0.717) is 35.0 Å². The van der Waals surface area contributed by atoms with Crippen LogP contribution < -0.4 is 9.47 Å². The van der Waals surface area contributed by atoms with E-state index in [2.05, 4.69) is 33.8 Å². The molecule has 0 saturated heterocycles. The minimum absolute atomic E-state index is 0.0248. The van der Waals surface area contributed by atoms with Crippen molar-refractivity contribution >= 4 is 5.78 Å². The van der Waals surface area contributed by atoms with E-state index in [1.165, 1.54) is 5.57 Å². The molecule has 2 aliphatic rings. The predicted octanol–water partition coefficient (Wildman–Crippen LogP) is 7.56. The number of ether oxygens (including phenoxy) is 2. The molecule has 0 aromatic heterocycles. The largest absolute Gasteiger partial charge is 0.507 e. The minimum Gasteiger partial charge on any atom is -0.507 e. The monoisotopic (exact) mass is 476 g/mol. The minimum atomic E-state index is -0.375. The van der Waals surface area contributed by atoms with E-state index < -0.39 is 0 Å². The van der Waals surface area contributed by atoms with Crippen LogP contribution in [0.5, 0.6) is 17.2 Å². The lowest BCUT2D eigenvalue weighted by Gasteiger charge is -2.51. The average Bonchev–Trinajstić information content (AvgIpc) is 2.83. The summed E-state index contributed by atoms with van der Waals surface area (Å²) < 4.78 is 11.9. The summed E-state index contributed by atoms with van der Waals surface area (Å²) in [7, 11) is 1.62. The Kier molecular flexibility index (Phi) is 7.30. The highest BCUT2D eigenvalue weighted by atomic mass is 16.5. The molecule has 5 atom stereocenters. The van der Waals surface area contributed by atoms with E-state index in [4.69, 9.17) is 9.47 Å². The molecule has 2 aromatic carbocycles. The first-order valence-corrected chi connectivity index (χ1v) is 13.0. The summed E-state index contributed by atoms with van der Waals surface area (Å²) in [5.41, 5.74) is 2.41. The highest BCUT2D eigenvalue weighted by Gasteiger charge is 2.48. The molecule has 4 heteroatoms. The third-order valence-electron chi connectivity index (χ3n) is 8.50. The number of phenols is 1. The SMILES string of the molecule is COc1ccc([C@@H](C)C(=O)c2ccc(O[C@@]3(C)CC[C@@H](C(C)C)[C@H]4C=C(C)CC[C@H]43)cc2O)cc1. The standard InChI is InChI=1S/C31H40O4/c1-19(2)25-15-16-31(5,28-14-7-20(3)17-27(25)28)35-24-12-13-26(29(32)18-24)30(33)21(4)22-8-10-23(34-6)11-9-22/h8-13,17-19,21,25,27-28,32H,7,14-16H2,1-6H3/t21-,25+,27-,28-,31+/m1/s1. The van der Waals surface area contributed by atoms with Crippen molar-refractivity contribution in [2.24, 2.45) is 23.7 Å². The molecule has 0 unspecified atom stereocenters. The van der Waals surface area contributed by atoms with Crippen LogP contribution in [0.25, 0.3) is 0 Å². The van der Waals surface area contributed by atoms with Crippen LogP contribution in [0.2, 0.25) is 0 Å². The lowest BCUT2D eigenvalue weighted by Crippen LogP contribution is -2.51. The Balaban J connectivity index is 1.53. The van der Waals surface area contributed by atoms with Gasteiger partial charge in [-0.05, 0) is 87.1 Å². The molecule has 2 aromatic rings. The molecule has 0 radical (unpaired) electrons. The van der Waals surface area contributed by atoms with Gasteiger partial charge in [-0.3, -0.25) is 4.79 Å². The second kappa shape index (κ2) is 10.1. The zero-order valence-corrected chi connectivity index (χ0v) is 22.0. The number of methoxy groups -OCH3 is 1. The van der Waals surface area contributed by atoms with E-state index >= 15 is 0 Å². The topological polar surface area (TPSA) is 55.8 Å². The molecule has 0 heterocycles. The van der Waals surface area contributed by atoms with Gasteiger partial charge < -0.3 is 14.6 Å². The van der Waals surface area contributed by atoms with Crippen LogP contribution in [0.3, 0.4) is 0 Å². The van der Waals surface area contributed by atoms with Crippen molar-refractivity contribution < 1.29 is 19.4 Å². The molecule has 2 aliphatic carbocycles. The molecule has 0 spiro atoms. The van der Waals surface area contributed by atoms with E-state index in [-0.39, 0.29) is 23.1 Å². The first-order chi connectivity index (χ1) is 16.6. The van der Waals surface area contributed by atoms with Crippen LogP contribution in [0, 0.1) is 23.7 Å². The summed E-state index contributed by atoms with van der Waals surface area (Å²) in [5.74, 6) is 3.18. The molecule has 1 N–H and O–H groups in total. The van der Waals surface area contributed by atoms with Crippen molar-refractivity contribution in [3.63, 3.8) is 0 Å². The van der Waals surface area contributed by atoms with Gasteiger partial charge >= 0.3 is 0 Å². The summed E-state index contributed by atoms with van der Waals surface area (Å²) in [6.07, 6.45) is 6.89. The molecule has 35 heavy (non-hydrogen) atoms. The number of carbonyl (C=O) groups is 1. The number of ketones is 1. The Labute approximate surface area is 210 Å². The van der Waals surface area contributed by atoms with E-state index in [9.17, 15) is 9.90 Å². The van der Waals surface area contributed by atoms with E-state index in [0.717, 1.165) is 37.0 Å². The van der Waals surface area contributed by atoms with Crippen molar-refractivity contribution in [3.8, 4) is 17.2 Å². The molecular formula is C31H40O4. The maximum absolute atomic E-state index is 13.2. The van der Waals surface area contributed by atoms with Crippen LogP contribution in [0.4, 0.5) is 0 Å². The van der Waals surface area contributed by atoms with Gasteiger partial charge in [0.05, 0.1) is 12.7 Å². The fourth-order valence-electron chi connectivity index (χ4n) is 6.30. The molecule has 1 saturated carbocycles. The summed E-state index contributed by atoms with van der Waals surface area (Å²) in [6.45, 7) is 11.0. The van der Waals surface area contributed by atoms with Gasteiger partial charge in [0, 0.05) is 17.9 Å². The van der Waals surface area contributed by atoms with Crippen molar-refractivity contribution in [2.45, 2.75) is 71.8 Å². The summed E-state index contributed by atoms with van der Waals surface area (Å²) in [4.78, 5) is 13.2. The fraction of sp³-hybridized carbons (Fsp3) is 0.516. The van der Waals surface area contributed by atoms with Crippen molar-refractivity contribution in [1.29, 1.82) is 0 Å². The third-order valence-corrected chi connectivity index (χ3v) is 8.50. The van der Waals surface area contributed by atoms with Gasteiger partial charge in [-0.2, -0.15) is 0 Å². The van der Waals surface area contributed by atoms with Crippen LogP contribution in [0.1, 0.15) is 82.1 Å². The maximum atomic E-state index is 13.2. The molecule has 4 rings (SSSR count). The number of hydrogen-bond acceptors (Lipinski definition) is 4. The number of phenolic OH excluding ortho intramolecular Hbond substituents is 1. The summed E-state index contributed by atoms with van der Waals surface area (Å²) >= 11 is 0. The zero-order chi connectivity index (χ0) is 25.3. The predicted molar refractivity (Wildman–Crippen MR) is 140 cm³/mol. The number of fused-ring (bicyclic) bond motifs is 1. The first kappa shape index (κ1) is 25.3. The Hall–Kier alpha value is -2.75. The number of hydrogen-bond donors (Lipinski definition) is 1. The second-order valence-corrected chi connectivity index (χ2v) is 11.1. The second-order valence-electron chi connectivity index (χ2n) is 11.1. The highest BCUT2D eigenvalue weighted by Crippen LogP contribution is 2.51. The Bertz CT molecular complexity index is 1080. The number of carbonyl (C=O) groups excluding carboxylic acids is 1. The van der Waals surface area contributed by atoms with Gasteiger partial charge in [-0.1, -0.05) is 44.6 Å². The fourth-order valence-corrected chi connectivity index (χ4v) is 6.30. The average molecular weight is 477 g/mol. The van der Waals surface area contributed by atoms with Gasteiger partial charge in [0.25, 0.3) is 0 Å². The number of rotatable bonds is 7. The Morgan fingerprint density at radius 1 is 1.06 bits per heavy atom. The number of aromatic hydroxyl groups is 1. The van der Waals surface area contributed by atoms with Crippen molar-refractivity contribution in [1.82, 2.24) is 0 Å². The lowest BCUT2D eigenvalue weighted by atomic mass is 9.58. The molecule has 0 amide bonds. The van der Waals surface area contributed by atoms with Crippen LogP contribution in [-0.2, 0) is 0 Å². The quantitative estimate of drug-likeness (QED) is 0.331. The van der Waals surface area contributed by atoms with Gasteiger partial charge in [-0.15, -0.1) is 0 Å². The molecular weight excluding hydrogens is 436 g/mol. The molecule has 4 nitrogen and oxygen atoms in total. The Morgan fingerprint density at radius 2 is 1.74 bits per heavy atom. The van der Waals surface area contributed by atoms with E-state index in [1.807, 2.05) is 37.3 Å². The number of Topliss-reactive ketones (excluding diaryl/α,β-unsaturated/α-hetero) is 1. The Morgan fingerprint density at radius 3 is 2.37 bits per heavy atom. The van der Waals surface area contributed by atoms with Crippen LogP contribution in [0.15, 0.2) is 54.1 Å². The van der Waals surface area contributed by atoms with Crippen molar-refractivity contribution in [2.75, 3.05) is 7.11 Å². The highest BCUT2D eigenvalue weighted by molar-refractivity contribution is 6.03.